The van der Waals surface area contributed by atoms with E-state index in [0.29, 0.717) is 12.8 Å². The van der Waals surface area contributed by atoms with Crippen molar-refractivity contribution in [1.29, 1.82) is 0 Å². The number of nitrogens with zero attached hydrogens (tertiary/aromatic N) is 1. The fourth-order valence-corrected chi connectivity index (χ4v) is 5.00. The van der Waals surface area contributed by atoms with E-state index in [1.807, 2.05) is 24.3 Å². The number of likely N-dealkylation sites (N-methyl/N-ethyl adjacent to an activating group) is 1. The minimum Gasteiger partial charge on any atom is -0.480 e. The van der Waals surface area contributed by atoms with Gasteiger partial charge in [0.1, 0.15) is 12.6 Å². The SMILES string of the molecule is C[C@@H](C(=O)O)N(C)C(=O)C1CCCC(NC(=O)OCC2c3ccccc3-c3ccccc32)C1. The van der Waals surface area contributed by atoms with Crippen molar-refractivity contribution in [3.05, 3.63) is 59.7 Å². The number of carbonyl (C=O) groups is 3. The normalized spacial score (nSPS) is 20.3. The van der Waals surface area contributed by atoms with Gasteiger partial charge in [0, 0.05) is 24.9 Å². The van der Waals surface area contributed by atoms with E-state index < -0.39 is 18.1 Å². The number of alkyl carbamates (subject to hydrolysis) is 1. The number of aliphatic carboxylic acids is 1. The summed E-state index contributed by atoms with van der Waals surface area (Å²) >= 11 is 0. The second-order valence-electron chi connectivity index (χ2n) is 8.99. The number of amides is 2. The van der Waals surface area contributed by atoms with E-state index in [1.54, 1.807) is 0 Å². The van der Waals surface area contributed by atoms with Crippen LogP contribution in [-0.2, 0) is 14.3 Å². The van der Waals surface area contributed by atoms with Gasteiger partial charge in [0.2, 0.25) is 5.91 Å². The van der Waals surface area contributed by atoms with Crippen molar-refractivity contribution >= 4 is 18.0 Å². The van der Waals surface area contributed by atoms with Crippen LogP contribution in [0.5, 0.6) is 0 Å². The molecule has 2 N–H and O–H groups in total. The third kappa shape index (κ3) is 4.72. The van der Waals surface area contributed by atoms with Gasteiger partial charge in [-0.15, -0.1) is 0 Å². The van der Waals surface area contributed by atoms with E-state index in [2.05, 4.69) is 29.6 Å². The number of rotatable bonds is 6. The van der Waals surface area contributed by atoms with Crippen LogP contribution >= 0.6 is 0 Å². The molecule has 0 aromatic heterocycles. The molecule has 1 saturated carbocycles. The number of nitrogens with one attached hydrogen (secondary N) is 1. The summed E-state index contributed by atoms with van der Waals surface area (Å²) in [5, 5.41) is 12.1. The molecule has 2 amide bonds. The first-order chi connectivity index (χ1) is 15.9. The summed E-state index contributed by atoms with van der Waals surface area (Å²) < 4.78 is 5.63. The quantitative estimate of drug-likeness (QED) is 0.693. The Balaban J connectivity index is 1.34. The monoisotopic (exact) mass is 450 g/mol. The molecular weight excluding hydrogens is 420 g/mol. The molecule has 0 spiro atoms. The molecule has 33 heavy (non-hydrogen) atoms. The molecule has 0 bridgehead atoms. The lowest BCUT2D eigenvalue weighted by atomic mass is 9.84. The van der Waals surface area contributed by atoms with Crippen LogP contribution in [0.15, 0.2) is 48.5 Å². The van der Waals surface area contributed by atoms with E-state index in [9.17, 15) is 19.5 Å². The van der Waals surface area contributed by atoms with Crippen molar-refractivity contribution in [2.45, 2.75) is 50.6 Å². The molecule has 1 fully saturated rings. The van der Waals surface area contributed by atoms with Crippen LogP contribution in [0.1, 0.15) is 49.7 Å². The fraction of sp³-hybridized carbons (Fsp3) is 0.423. The molecule has 0 saturated heterocycles. The molecule has 2 unspecified atom stereocenters. The standard InChI is InChI=1S/C26H30N2O5/c1-16(25(30)31)28(2)24(29)17-8-7-9-18(14-17)27-26(32)33-15-23-21-12-5-3-10-19(21)20-11-4-6-13-22(20)23/h3-6,10-13,16-18,23H,7-9,14-15H2,1-2H3,(H,27,32)(H,30,31)/t16-,17?,18?/m0/s1. The topological polar surface area (TPSA) is 95.9 Å². The van der Waals surface area contributed by atoms with Gasteiger partial charge in [-0.2, -0.15) is 0 Å². The van der Waals surface area contributed by atoms with Gasteiger partial charge < -0.3 is 20.1 Å². The van der Waals surface area contributed by atoms with Crippen molar-refractivity contribution in [2.75, 3.05) is 13.7 Å². The first-order valence-corrected chi connectivity index (χ1v) is 11.5. The summed E-state index contributed by atoms with van der Waals surface area (Å²) in [5.74, 6) is -1.53. The average Bonchev–Trinajstić information content (AvgIpc) is 3.15. The number of fused-ring (bicyclic) bond motifs is 3. The van der Waals surface area contributed by atoms with E-state index >= 15 is 0 Å². The highest BCUT2D eigenvalue weighted by molar-refractivity contribution is 5.85. The van der Waals surface area contributed by atoms with Gasteiger partial charge in [-0.3, -0.25) is 4.79 Å². The minimum atomic E-state index is -1.03. The van der Waals surface area contributed by atoms with E-state index in [-0.39, 0.29) is 30.4 Å². The van der Waals surface area contributed by atoms with Gasteiger partial charge >= 0.3 is 12.1 Å². The molecule has 0 heterocycles. The number of hydrogen-bond donors (Lipinski definition) is 2. The van der Waals surface area contributed by atoms with Crippen LogP contribution in [0.2, 0.25) is 0 Å². The Kier molecular flexibility index (Phi) is 6.67. The summed E-state index contributed by atoms with van der Waals surface area (Å²) in [4.78, 5) is 37.8. The molecule has 2 aliphatic carbocycles. The molecular formula is C26H30N2O5. The molecule has 174 valence electrons. The zero-order valence-corrected chi connectivity index (χ0v) is 19.0. The lowest BCUT2D eigenvalue weighted by Crippen LogP contribution is -2.47. The highest BCUT2D eigenvalue weighted by Crippen LogP contribution is 2.44. The van der Waals surface area contributed by atoms with Gasteiger partial charge in [-0.1, -0.05) is 55.0 Å². The molecule has 0 radical (unpaired) electrons. The maximum Gasteiger partial charge on any atom is 0.407 e. The van der Waals surface area contributed by atoms with Crippen LogP contribution in [0.3, 0.4) is 0 Å². The Bertz CT molecular complexity index is 1010. The van der Waals surface area contributed by atoms with E-state index in [1.165, 1.54) is 30.0 Å². The molecule has 0 aliphatic heterocycles. The maximum absolute atomic E-state index is 12.7. The van der Waals surface area contributed by atoms with Crippen LogP contribution in [0.4, 0.5) is 4.79 Å². The third-order valence-corrected chi connectivity index (χ3v) is 6.98. The smallest absolute Gasteiger partial charge is 0.407 e. The van der Waals surface area contributed by atoms with Gasteiger partial charge in [0.25, 0.3) is 0 Å². The van der Waals surface area contributed by atoms with Crippen molar-refractivity contribution in [2.24, 2.45) is 5.92 Å². The zero-order valence-electron chi connectivity index (χ0n) is 19.0. The highest BCUT2D eigenvalue weighted by Gasteiger charge is 2.34. The van der Waals surface area contributed by atoms with Crippen molar-refractivity contribution < 1.29 is 24.2 Å². The number of benzene rings is 2. The minimum absolute atomic E-state index is 0.00464. The molecule has 2 aliphatic rings. The number of carboxylic acids is 1. The summed E-state index contributed by atoms with van der Waals surface area (Å²) in [7, 11) is 1.52. The first-order valence-electron chi connectivity index (χ1n) is 11.5. The van der Waals surface area contributed by atoms with Crippen LogP contribution in [-0.4, -0.2) is 53.7 Å². The molecule has 2 aromatic carbocycles. The van der Waals surface area contributed by atoms with Gasteiger partial charge in [-0.25, -0.2) is 9.59 Å². The van der Waals surface area contributed by atoms with Crippen LogP contribution in [0.25, 0.3) is 11.1 Å². The second-order valence-corrected chi connectivity index (χ2v) is 8.99. The number of carbonyl (C=O) groups excluding carboxylic acids is 2. The molecule has 3 atom stereocenters. The predicted molar refractivity (Wildman–Crippen MR) is 124 cm³/mol. The first kappa shape index (κ1) is 22.8. The Morgan fingerprint density at radius 2 is 1.67 bits per heavy atom. The summed E-state index contributed by atoms with van der Waals surface area (Å²) in [5.41, 5.74) is 4.67. The van der Waals surface area contributed by atoms with Crippen LogP contribution in [0, 0.1) is 5.92 Å². The second kappa shape index (κ2) is 9.65. The number of ether oxygens (including phenoxy) is 1. The van der Waals surface area contributed by atoms with Gasteiger partial charge in [-0.05, 0) is 48.4 Å². The Morgan fingerprint density at radius 3 is 2.27 bits per heavy atom. The Labute approximate surface area is 193 Å². The highest BCUT2D eigenvalue weighted by atomic mass is 16.5. The number of hydrogen-bond acceptors (Lipinski definition) is 4. The Hall–Kier alpha value is -3.35. The lowest BCUT2D eigenvalue weighted by molar-refractivity contribution is -0.150. The molecule has 2 aromatic rings. The molecule has 4 rings (SSSR count). The van der Waals surface area contributed by atoms with E-state index in [0.717, 1.165) is 24.0 Å². The fourth-order valence-electron chi connectivity index (χ4n) is 5.00. The maximum atomic E-state index is 12.7. The van der Waals surface area contributed by atoms with Crippen LogP contribution < -0.4 is 5.32 Å². The third-order valence-electron chi connectivity index (χ3n) is 6.98. The summed E-state index contributed by atoms with van der Waals surface area (Å²) in [6.45, 7) is 1.74. The van der Waals surface area contributed by atoms with Gasteiger partial charge in [0.15, 0.2) is 0 Å². The zero-order chi connectivity index (χ0) is 23.5. The van der Waals surface area contributed by atoms with Crippen molar-refractivity contribution in [1.82, 2.24) is 10.2 Å². The number of carboxylic acid groups (broad SMARTS) is 1. The van der Waals surface area contributed by atoms with E-state index in [4.69, 9.17) is 4.74 Å². The van der Waals surface area contributed by atoms with Crippen molar-refractivity contribution in [3.63, 3.8) is 0 Å². The lowest BCUT2D eigenvalue weighted by Gasteiger charge is -2.32. The largest absolute Gasteiger partial charge is 0.480 e. The summed E-state index contributed by atoms with van der Waals surface area (Å²) in [6, 6.07) is 15.3. The average molecular weight is 451 g/mol. The summed E-state index contributed by atoms with van der Waals surface area (Å²) in [6.07, 6.45) is 2.26. The van der Waals surface area contributed by atoms with Gasteiger partial charge in [0.05, 0.1) is 0 Å². The Morgan fingerprint density at radius 1 is 1.06 bits per heavy atom. The van der Waals surface area contributed by atoms with Crippen molar-refractivity contribution in [3.8, 4) is 11.1 Å². The molecule has 7 nitrogen and oxygen atoms in total. The molecule has 7 heteroatoms. The predicted octanol–water partition coefficient (Wildman–Crippen LogP) is 4.02.